The van der Waals surface area contributed by atoms with Gasteiger partial charge in [0.15, 0.2) is 6.23 Å². The minimum atomic E-state index is 0.177. The monoisotopic (exact) mass is 302 g/mol. The van der Waals surface area contributed by atoms with E-state index in [0.717, 1.165) is 24.4 Å². The predicted octanol–water partition coefficient (Wildman–Crippen LogP) is 4.14. The van der Waals surface area contributed by atoms with E-state index < -0.39 is 0 Å². The maximum atomic E-state index is 6.31. The molecule has 0 saturated carbocycles. The molecule has 3 nitrogen and oxygen atoms in total. The van der Waals surface area contributed by atoms with Crippen LogP contribution in [0.25, 0.3) is 10.8 Å². The zero-order valence-electron chi connectivity index (χ0n) is 12.9. The number of rotatable bonds is 1. The second-order valence-corrected chi connectivity index (χ2v) is 6.31. The summed E-state index contributed by atoms with van der Waals surface area (Å²) in [5, 5.41) is 2.53. The first-order valence-electron chi connectivity index (χ1n) is 8.27. The van der Waals surface area contributed by atoms with E-state index in [1.54, 1.807) is 0 Å². The molecule has 1 saturated heterocycles. The zero-order chi connectivity index (χ0) is 15.2. The molecule has 0 spiro atoms. The van der Waals surface area contributed by atoms with Crippen LogP contribution in [0.1, 0.15) is 30.1 Å². The van der Waals surface area contributed by atoms with Crippen molar-refractivity contribution in [3.63, 3.8) is 0 Å². The van der Waals surface area contributed by atoms with Crippen LogP contribution in [0.4, 0.5) is 0 Å². The standard InChI is InChI=1S/C20H18N2O/c1-2-7-15-14(6-1)10-11-17-19(15)20(16-8-3-4-12-21-16)22-13-5-9-18(22)23-17/h1-4,6-8,10-12,18,20H,5,9,13H2/t18-,20+/m1/s1. The fourth-order valence-electron chi connectivity index (χ4n) is 4.01. The molecule has 1 fully saturated rings. The van der Waals surface area contributed by atoms with Gasteiger partial charge in [0.2, 0.25) is 0 Å². The summed E-state index contributed by atoms with van der Waals surface area (Å²) >= 11 is 0. The van der Waals surface area contributed by atoms with E-state index in [1.165, 1.54) is 22.8 Å². The predicted molar refractivity (Wildman–Crippen MR) is 90.4 cm³/mol. The van der Waals surface area contributed by atoms with E-state index in [9.17, 15) is 0 Å². The molecule has 2 aliphatic rings. The number of aromatic nitrogens is 1. The summed E-state index contributed by atoms with van der Waals surface area (Å²) < 4.78 is 6.31. The lowest BCUT2D eigenvalue weighted by Gasteiger charge is -2.39. The van der Waals surface area contributed by atoms with Crippen molar-refractivity contribution in [3.05, 3.63) is 72.1 Å². The quantitative estimate of drug-likeness (QED) is 0.675. The van der Waals surface area contributed by atoms with Crippen molar-refractivity contribution < 1.29 is 4.74 Å². The molecule has 23 heavy (non-hydrogen) atoms. The number of pyridine rings is 1. The van der Waals surface area contributed by atoms with Crippen molar-refractivity contribution in [2.75, 3.05) is 6.54 Å². The molecule has 0 radical (unpaired) electrons. The van der Waals surface area contributed by atoms with Crippen molar-refractivity contribution in [2.45, 2.75) is 25.1 Å². The number of hydrogen-bond donors (Lipinski definition) is 0. The topological polar surface area (TPSA) is 25.4 Å². The van der Waals surface area contributed by atoms with Gasteiger partial charge in [-0.25, -0.2) is 0 Å². The lowest BCUT2D eigenvalue weighted by molar-refractivity contribution is 0.0164. The molecule has 2 aliphatic heterocycles. The summed E-state index contributed by atoms with van der Waals surface area (Å²) in [6, 6.07) is 19.2. The van der Waals surface area contributed by atoms with Crippen molar-refractivity contribution in [3.8, 4) is 5.75 Å². The molecule has 3 heterocycles. The van der Waals surface area contributed by atoms with Gasteiger partial charge in [-0.05, 0) is 41.8 Å². The van der Waals surface area contributed by atoms with Crippen LogP contribution in [0, 0.1) is 0 Å². The minimum absolute atomic E-state index is 0.177. The Morgan fingerprint density at radius 1 is 1.00 bits per heavy atom. The van der Waals surface area contributed by atoms with E-state index in [-0.39, 0.29) is 12.3 Å². The molecule has 3 aromatic rings. The van der Waals surface area contributed by atoms with Gasteiger partial charge >= 0.3 is 0 Å². The van der Waals surface area contributed by atoms with Gasteiger partial charge in [0.25, 0.3) is 0 Å². The van der Waals surface area contributed by atoms with Gasteiger partial charge in [0.1, 0.15) is 5.75 Å². The van der Waals surface area contributed by atoms with E-state index >= 15 is 0 Å². The number of benzene rings is 2. The molecule has 5 rings (SSSR count). The third-order valence-corrected chi connectivity index (χ3v) is 5.00. The SMILES string of the molecule is c1ccc([C@H]2c3c(ccc4ccccc34)O[C@@H]3CCCN23)nc1. The van der Waals surface area contributed by atoms with Crippen molar-refractivity contribution in [1.29, 1.82) is 0 Å². The van der Waals surface area contributed by atoms with E-state index in [4.69, 9.17) is 4.74 Å². The van der Waals surface area contributed by atoms with Crippen LogP contribution in [0.2, 0.25) is 0 Å². The first kappa shape index (κ1) is 13.1. The van der Waals surface area contributed by atoms with E-state index in [0.29, 0.717) is 0 Å². The fraction of sp³-hybridized carbons (Fsp3) is 0.250. The van der Waals surface area contributed by atoms with Gasteiger partial charge in [-0.1, -0.05) is 36.4 Å². The van der Waals surface area contributed by atoms with Crippen molar-refractivity contribution in [2.24, 2.45) is 0 Å². The molecule has 0 amide bonds. The fourth-order valence-corrected chi connectivity index (χ4v) is 4.01. The lowest BCUT2D eigenvalue weighted by atomic mass is 9.93. The molecule has 2 aromatic carbocycles. The lowest BCUT2D eigenvalue weighted by Crippen LogP contribution is -2.42. The largest absolute Gasteiger partial charge is 0.475 e. The van der Waals surface area contributed by atoms with Gasteiger partial charge in [0.05, 0.1) is 11.7 Å². The van der Waals surface area contributed by atoms with Crippen LogP contribution in [-0.4, -0.2) is 22.7 Å². The zero-order valence-corrected chi connectivity index (χ0v) is 12.9. The van der Waals surface area contributed by atoms with Crippen LogP contribution in [0.5, 0.6) is 5.75 Å². The molecule has 0 N–H and O–H groups in total. The van der Waals surface area contributed by atoms with Crippen LogP contribution in [0.15, 0.2) is 60.8 Å². The van der Waals surface area contributed by atoms with Crippen molar-refractivity contribution in [1.82, 2.24) is 9.88 Å². The molecule has 0 bridgehead atoms. The first-order valence-corrected chi connectivity index (χ1v) is 8.27. The van der Waals surface area contributed by atoms with Crippen LogP contribution in [-0.2, 0) is 0 Å². The van der Waals surface area contributed by atoms with Gasteiger partial charge in [0, 0.05) is 18.3 Å². The molecule has 0 aliphatic carbocycles. The number of ether oxygens (including phenoxy) is 1. The maximum absolute atomic E-state index is 6.31. The minimum Gasteiger partial charge on any atom is -0.475 e. The summed E-state index contributed by atoms with van der Waals surface area (Å²) in [6.45, 7) is 1.06. The summed E-state index contributed by atoms with van der Waals surface area (Å²) in [6.07, 6.45) is 4.34. The summed E-state index contributed by atoms with van der Waals surface area (Å²) in [4.78, 5) is 7.14. The Hall–Kier alpha value is -2.39. The normalized spacial score (nSPS) is 23.3. The number of nitrogens with zero attached hydrogens (tertiary/aromatic N) is 2. The highest BCUT2D eigenvalue weighted by Gasteiger charge is 2.40. The maximum Gasteiger partial charge on any atom is 0.153 e. The number of fused-ring (bicyclic) bond motifs is 4. The third-order valence-electron chi connectivity index (χ3n) is 5.00. The second-order valence-electron chi connectivity index (χ2n) is 6.31. The second kappa shape index (κ2) is 5.07. The average molecular weight is 302 g/mol. The summed E-state index contributed by atoms with van der Waals surface area (Å²) in [5.74, 6) is 1.02. The Kier molecular flexibility index (Phi) is 2.88. The molecule has 0 unspecified atom stereocenters. The number of hydrogen-bond acceptors (Lipinski definition) is 3. The summed E-state index contributed by atoms with van der Waals surface area (Å²) in [5.41, 5.74) is 2.38. The van der Waals surface area contributed by atoms with E-state index in [2.05, 4.69) is 58.4 Å². The van der Waals surface area contributed by atoms with Gasteiger partial charge in [-0.3, -0.25) is 9.88 Å². The Morgan fingerprint density at radius 3 is 2.83 bits per heavy atom. The van der Waals surface area contributed by atoms with Gasteiger partial charge in [-0.15, -0.1) is 0 Å². The first-order chi connectivity index (χ1) is 11.4. The highest BCUT2D eigenvalue weighted by molar-refractivity contribution is 5.88. The molecule has 1 aromatic heterocycles. The highest BCUT2D eigenvalue weighted by atomic mass is 16.5. The Morgan fingerprint density at radius 2 is 1.91 bits per heavy atom. The molecule has 2 atom stereocenters. The molecule has 3 heteroatoms. The van der Waals surface area contributed by atoms with Crippen LogP contribution in [0.3, 0.4) is 0 Å². The smallest absolute Gasteiger partial charge is 0.153 e. The molecular formula is C20H18N2O. The van der Waals surface area contributed by atoms with Crippen molar-refractivity contribution >= 4 is 10.8 Å². The molecule has 114 valence electrons. The van der Waals surface area contributed by atoms with Gasteiger partial charge < -0.3 is 4.74 Å². The van der Waals surface area contributed by atoms with Crippen LogP contribution < -0.4 is 4.74 Å². The molecular weight excluding hydrogens is 284 g/mol. The Bertz CT molecular complexity index is 862. The summed E-state index contributed by atoms with van der Waals surface area (Å²) in [7, 11) is 0. The average Bonchev–Trinajstić information content (AvgIpc) is 3.08. The Balaban J connectivity index is 1.80. The highest BCUT2D eigenvalue weighted by Crippen LogP contribution is 2.46. The van der Waals surface area contributed by atoms with Crippen LogP contribution >= 0.6 is 0 Å². The Labute approximate surface area is 135 Å². The third kappa shape index (κ3) is 1.97. The van der Waals surface area contributed by atoms with Gasteiger partial charge in [-0.2, -0.15) is 0 Å². The van der Waals surface area contributed by atoms with E-state index in [1.807, 2.05) is 12.3 Å².